The van der Waals surface area contributed by atoms with Crippen molar-refractivity contribution >= 4 is 47.0 Å². The second kappa shape index (κ2) is 13.7. The zero-order valence-corrected chi connectivity index (χ0v) is 21.7. The Morgan fingerprint density at radius 3 is 1.26 bits per heavy atom. The van der Waals surface area contributed by atoms with E-state index in [4.69, 9.17) is 23.2 Å². The molecule has 0 saturated heterocycles. The number of benzene rings is 4. The third kappa shape index (κ3) is 9.23. The molecule has 7 heteroatoms. The van der Waals surface area contributed by atoms with Crippen LogP contribution in [-0.2, 0) is 16.8 Å². The van der Waals surface area contributed by atoms with Crippen molar-refractivity contribution in [2.75, 3.05) is 0 Å². The topological polar surface area (TPSA) is 65.2 Å². The molecule has 35 heavy (non-hydrogen) atoms. The number of rotatable bonds is 4. The van der Waals surface area contributed by atoms with Gasteiger partial charge in [0, 0.05) is 50.4 Å². The van der Waals surface area contributed by atoms with E-state index in [1.54, 1.807) is 48.8 Å². The summed E-state index contributed by atoms with van der Waals surface area (Å²) in [4.78, 5) is 8.55. The molecule has 181 valence electrons. The van der Waals surface area contributed by atoms with E-state index in [-0.39, 0.29) is 28.3 Å². The van der Waals surface area contributed by atoms with Crippen LogP contribution in [0.5, 0.6) is 11.5 Å². The number of aryl methyl sites for hydroxylation is 2. The summed E-state index contributed by atoms with van der Waals surface area (Å²) in [5.41, 5.74) is 5.28. The maximum Gasteiger partial charge on any atom is 0.124 e. The predicted octanol–water partition coefficient (Wildman–Crippen LogP) is 8.21. The number of halogens is 2. The van der Waals surface area contributed by atoms with E-state index in [1.807, 2.05) is 62.4 Å². The van der Waals surface area contributed by atoms with Gasteiger partial charge in [0.2, 0.25) is 0 Å². The van der Waals surface area contributed by atoms with E-state index >= 15 is 0 Å². The fourth-order valence-corrected chi connectivity index (χ4v) is 3.17. The maximum atomic E-state index is 9.61. The molecule has 0 aliphatic carbocycles. The van der Waals surface area contributed by atoms with Crippen molar-refractivity contribution in [2.45, 2.75) is 13.8 Å². The summed E-state index contributed by atoms with van der Waals surface area (Å²) in [6.07, 6.45) is 3.21. The molecule has 2 N–H and O–H groups in total. The maximum absolute atomic E-state index is 9.61. The minimum Gasteiger partial charge on any atom is -0.507 e. The molecular weight excluding hydrogens is 526 g/mol. The average molecular weight is 550 g/mol. The Morgan fingerprint density at radius 1 is 0.571 bits per heavy atom. The van der Waals surface area contributed by atoms with Gasteiger partial charge in [-0.2, -0.15) is 0 Å². The first-order valence-electron chi connectivity index (χ1n) is 10.5. The zero-order chi connectivity index (χ0) is 24.5. The molecule has 0 aromatic heterocycles. The summed E-state index contributed by atoms with van der Waals surface area (Å²) in [5.74, 6) is 0.343. The Hall–Kier alpha value is -3.09. The third-order valence-electron chi connectivity index (χ3n) is 4.75. The van der Waals surface area contributed by atoms with Crippen LogP contribution in [0.3, 0.4) is 0 Å². The van der Waals surface area contributed by atoms with Gasteiger partial charge in [0.15, 0.2) is 0 Å². The fraction of sp³-hybridized carbons (Fsp3) is 0.0714. The minimum atomic E-state index is 0. The van der Waals surface area contributed by atoms with Gasteiger partial charge >= 0.3 is 0 Å². The van der Waals surface area contributed by atoms with E-state index in [2.05, 4.69) is 9.98 Å². The van der Waals surface area contributed by atoms with E-state index < -0.39 is 0 Å². The quantitative estimate of drug-likeness (QED) is 0.252. The number of phenols is 2. The molecule has 4 rings (SSSR count). The summed E-state index contributed by atoms with van der Waals surface area (Å²) in [7, 11) is 0. The predicted molar refractivity (Wildman–Crippen MR) is 143 cm³/mol. The van der Waals surface area contributed by atoms with Crippen molar-refractivity contribution in [1.29, 1.82) is 0 Å². The molecule has 0 amide bonds. The Balaban J connectivity index is 0.000000240. The van der Waals surface area contributed by atoms with Crippen LogP contribution in [0.15, 0.2) is 94.9 Å². The van der Waals surface area contributed by atoms with Crippen LogP contribution in [0.25, 0.3) is 0 Å². The summed E-state index contributed by atoms with van der Waals surface area (Å²) in [5, 5.41) is 20.4. The van der Waals surface area contributed by atoms with Crippen LogP contribution in [0.4, 0.5) is 11.4 Å². The standard InChI is InChI=1S/2C14H12ClNO.Co/c2*1-10-2-5-13(6-3-10)16-9-11-8-12(15)4-7-14(11)17;/h2*2-9,17H,1H3;. The Labute approximate surface area is 225 Å². The van der Waals surface area contributed by atoms with Crippen molar-refractivity contribution in [2.24, 2.45) is 9.98 Å². The van der Waals surface area contributed by atoms with Crippen molar-refractivity contribution in [3.63, 3.8) is 0 Å². The molecule has 0 atom stereocenters. The van der Waals surface area contributed by atoms with Gasteiger partial charge in [-0.05, 0) is 74.5 Å². The molecule has 0 fully saturated rings. The van der Waals surface area contributed by atoms with Crippen LogP contribution in [0, 0.1) is 13.8 Å². The Kier molecular flexibility index (Phi) is 11.0. The SMILES string of the molecule is Cc1ccc(N=Cc2cc(Cl)ccc2O)cc1.Cc1ccc(N=Cc2cc(Cl)ccc2O)cc1.[Co]. The van der Waals surface area contributed by atoms with Gasteiger partial charge in [-0.3, -0.25) is 9.98 Å². The van der Waals surface area contributed by atoms with Crippen molar-refractivity contribution in [1.82, 2.24) is 0 Å². The normalized spacial score (nSPS) is 10.6. The van der Waals surface area contributed by atoms with Crippen LogP contribution < -0.4 is 0 Å². The number of hydrogen-bond acceptors (Lipinski definition) is 4. The van der Waals surface area contributed by atoms with E-state index in [0.717, 1.165) is 11.4 Å². The molecule has 0 aliphatic rings. The molecule has 4 aromatic rings. The van der Waals surface area contributed by atoms with Crippen molar-refractivity contribution < 1.29 is 27.0 Å². The minimum absolute atomic E-state index is 0. The molecule has 0 bridgehead atoms. The largest absolute Gasteiger partial charge is 0.507 e. The summed E-state index contributed by atoms with van der Waals surface area (Å²) >= 11 is 11.7. The first-order valence-corrected chi connectivity index (χ1v) is 11.2. The molecule has 4 nitrogen and oxygen atoms in total. The Bertz CT molecular complexity index is 1200. The van der Waals surface area contributed by atoms with Crippen LogP contribution in [0.1, 0.15) is 22.3 Å². The second-order valence-electron chi connectivity index (χ2n) is 7.59. The van der Waals surface area contributed by atoms with Gasteiger partial charge < -0.3 is 10.2 Å². The summed E-state index contributed by atoms with van der Waals surface area (Å²) in [6, 6.07) is 25.4. The van der Waals surface area contributed by atoms with Gasteiger partial charge in [-0.25, -0.2) is 0 Å². The van der Waals surface area contributed by atoms with Crippen molar-refractivity contribution in [3.8, 4) is 11.5 Å². The zero-order valence-electron chi connectivity index (χ0n) is 19.1. The molecule has 0 aliphatic heterocycles. The van der Waals surface area contributed by atoms with Gasteiger partial charge in [-0.1, -0.05) is 58.6 Å². The molecular formula is C28H24Cl2CoN2O2. The summed E-state index contributed by atoms with van der Waals surface area (Å²) < 4.78 is 0. The summed E-state index contributed by atoms with van der Waals surface area (Å²) in [6.45, 7) is 4.05. The number of nitrogens with zero attached hydrogens (tertiary/aromatic N) is 2. The number of hydrogen-bond donors (Lipinski definition) is 2. The van der Waals surface area contributed by atoms with Crippen LogP contribution in [0.2, 0.25) is 10.0 Å². The average Bonchev–Trinajstić information content (AvgIpc) is 2.83. The van der Waals surface area contributed by atoms with E-state index in [0.29, 0.717) is 21.2 Å². The number of aliphatic imine (C=N–C) groups is 2. The first-order chi connectivity index (χ1) is 16.3. The van der Waals surface area contributed by atoms with Crippen LogP contribution in [-0.4, -0.2) is 22.6 Å². The Morgan fingerprint density at radius 2 is 0.914 bits per heavy atom. The molecule has 0 saturated carbocycles. The second-order valence-corrected chi connectivity index (χ2v) is 8.47. The van der Waals surface area contributed by atoms with Gasteiger partial charge in [0.1, 0.15) is 11.5 Å². The van der Waals surface area contributed by atoms with Gasteiger partial charge in [-0.15, -0.1) is 0 Å². The van der Waals surface area contributed by atoms with Crippen LogP contribution >= 0.6 is 23.2 Å². The van der Waals surface area contributed by atoms with Gasteiger partial charge in [0.25, 0.3) is 0 Å². The molecule has 1 radical (unpaired) electrons. The molecule has 0 unspecified atom stereocenters. The van der Waals surface area contributed by atoms with E-state index in [1.165, 1.54) is 11.1 Å². The van der Waals surface area contributed by atoms with Crippen molar-refractivity contribution in [3.05, 3.63) is 117 Å². The smallest absolute Gasteiger partial charge is 0.124 e. The monoisotopic (exact) mass is 549 g/mol. The molecule has 0 heterocycles. The third-order valence-corrected chi connectivity index (χ3v) is 5.22. The molecule has 4 aromatic carbocycles. The molecule has 0 spiro atoms. The van der Waals surface area contributed by atoms with E-state index in [9.17, 15) is 10.2 Å². The number of phenolic OH excluding ortho intramolecular Hbond substituents is 2. The number of aromatic hydroxyl groups is 2. The first kappa shape index (κ1) is 28.1. The van der Waals surface area contributed by atoms with Gasteiger partial charge in [0.05, 0.1) is 11.4 Å². The fourth-order valence-electron chi connectivity index (χ4n) is 2.81.